The summed E-state index contributed by atoms with van der Waals surface area (Å²) in [5.74, 6) is 0.794. The van der Waals surface area contributed by atoms with Gasteiger partial charge in [0.1, 0.15) is 5.75 Å². The van der Waals surface area contributed by atoms with E-state index in [1.807, 2.05) is 56.3 Å². The average molecular weight is 366 g/mol. The predicted molar refractivity (Wildman–Crippen MR) is 111 cm³/mol. The van der Waals surface area contributed by atoms with Crippen molar-refractivity contribution in [3.05, 3.63) is 42.5 Å². The number of carbonyl (C=O) groups excluding carboxylic acids is 1. The molecule has 0 unspecified atom stereocenters. The fourth-order valence-corrected chi connectivity index (χ4v) is 3.30. The Morgan fingerprint density at radius 3 is 2.67 bits per heavy atom. The second kappa shape index (κ2) is 7.61. The lowest BCUT2D eigenvalue weighted by Crippen LogP contribution is -2.34. The molecule has 0 saturated heterocycles. The van der Waals surface area contributed by atoms with Crippen molar-refractivity contribution in [3.8, 4) is 17.0 Å². The fraction of sp³-hybridized carbons (Fsp3) is 0.286. The number of carbonyl (C=O) groups is 1. The van der Waals surface area contributed by atoms with Gasteiger partial charge in [-0.05, 0) is 45.0 Å². The van der Waals surface area contributed by atoms with Crippen LogP contribution in [0.25, 0.3) is 22.2 Å². The average Bonchev–Trinajstić information content (AvgIpc) is 2.92. The first-order chi connectivity index (χ1) is 12.9. The highest BCUT2D eigenvalue weighted by molar-refractivity contribution is 6.02. The molecule has 6 heteroatoms. The number of benzene rings is 2. The smallest absolute Gasteiger partial charge is 0.319 e. The lowest BCUT2D eigenvalue weighted by molar-refractivity contribution is 0.250. The van der Waals surface area contributed by atoms with Gasteiger partial charge in [-0.2, -0.15) is 0 Å². The maximum atomic E-state index is 12.0. The summed E-state index contributed by atoms with van der Waals surface area (Å²) in [5.41, 5.74) is 10.9. The summed E-state index contributed by atoms with van der Waals surface area (Å²) in [6.45, 7) is 6.69. The predicted octanol–water partition coefficient (Wildman–Crippen LogP) is 4.45. The maximum Gasteiger partial charge on any atom is 0.319 e. The molecule has 0 aliphatic heterocycles. The molecule has 27 heavy (non-hydrogen) atoms. The number of nitrogens with zero attached hydrogens (tertiary/aromatic N) is 1. The van der Waals surface area contributed by atoms with Crippen LogP contribution in [-0.4, -0.2) is 23.7 Å². The summed E-state index contributed by atoms with van der Waals surface area (Å²) in [6, 6.07) is 13.5. The van der Waals surface area contributed by atoms with Crippen LogP contribution in [0.1, 0.15) is 20.8 Å². The minimum Gasteiger partial charge on any atom is -0.497 e. The van der Waals surface area contributed by atoms with E-state index in [-0.39, 0.29) is 12.1 Å². The van der Waals surface area contributed by atoms with E-state index in [1.165, 1.54) is 0 Å². The number of fused-ring (bicyclic) bond motifs is 1. The second-order valence-corrected chi connectivity index (χ2v) is 6.72. The number of urea groups is 1. The number of nitrogen functional groups attached to an aromatic ring is 1. The van der Waals surface area contributed by atoms with Crippen LogP contribution in [0.4, 0.5) is 16.2 Å². The van der Waals surface area contributed by atoms with Crippen molar-refractivity contribution >= 4 is 28.3 Å². The SMILES string of the molecule is CCn1c(-c2cccc(NC(=O)NC(C)C)c2)c(N)c2ccc(OC)cc21. The molecule has 0 spiro atoms. The van der Waals surface area contributed by atoms with Gasteiger partial charge in [0.2, 0.25) is 0 Å². The molecule has 2 amide bonds. The van der Waals surface area contributed by atoms with Gasteiger partial charge in [0, 0.05) is 35.3 Å². The third-order valence-electron chi connectivity index (χ3n) is 4.44. The summed E-state index contributed by atoms with van der Waals surface area (Å²) < 4.78 is 7.53. The van der Waals surface area contributed by atoms with Gasteiger partial charge in [-0.3, -0.25) is 0 Å². The standard InChI is InChI=1S/C21H26N4O2/c1-5-25-18-12-16(27-4)9-10-17(18)19(22)20(25)14-7-6-8-15(11-14)24-21(26)23-13(2)3/h6-13H,5,22H2,1-4H3,(H2,23,24,26). The van der Waals surface area contributed by atoms with Gasteiger partial charge in [0.05, 0.1) is 24.0 Å². The number of aryl methyl sites for hydroxylation is 1. The summed E-state index contributed by atoms with van der Waals surface area (Å²) >= 11 is 0. The van der Waals surface area contributed by atoms with E-state index in [1.54, 1.807) is 7.11 Å². The zero-order valence-electron chi connectivity index (χ0n) is 16.2. The van der Waals surface area contributed by atoms with Gasteiger partial charge in [0.15, 0.2) is 0 Å². The van der Waals surface area contributed by atoms with Gasteiger partial charge < -0.3 is 25.7 Å². The van der Waals surface area contributed by atoms with Crippen LogP contribution in [0.15, 0.2) is 42.5 Å². The third-order valence-corrected chi connectivity index (χ3v) is 4.44. The Balaban J connectivity index is 2.06. The van der Waals surface area contributed by atoms with E-state index < -0.39 is 0 Å². The number of hydrogen-bond acceptors (Lipinski definition) is 3. The molecular weight excluding hydrogens is 340 g/mol. The normalized spacial score (nSPS) is 11.0. The zero-order chi connectivity index (χ0) is 19.6. The molecular formula is C21H26N4O2. The van der Waals surface area contributed by atoms with Crippen molar-refractivity contribution in [2.24, 2.45) is 0 Å². The molecule has 0 aliphatic rings. The van der Waals surface area contributed by atoms with Crippen molar-refractivity contribution in [3.63, 3.8) is 0 Å². The maximum absolute atomic E-state index is 12.0. The van der Waals surface area contributed by atoms with Crippen LogP contribution >= 0.6 is 0 Å². The number of anilines is 2. The lowest BCUT2D eigenvalue weighted by Gasteiger charge is -2.13. The van der Waals surface area contributed by atoms with E-state index >= 15 is 0 Å². The molecule has 4 N–H and O–H groups in total. The Labute approximate surface area is 159 Å². The Morgan fingerprint density at radius 2 is 2.00 bits per heavy atom. The molecule has 0 aliphatic carbocycles. The number of amides is 2. The van der Waals surface area contributed by atoms with E-state index in [9.17, 15) is 4.79 Å². The minimum atomic E-state index is -0.226. The third kappa shape index (κ3) is 3.69. The molecule has 0 bridgehead atoms. The van der Waals surface area contributed by atoms with Gasteiger partial charge in [-0.1, -0.05) is 12.1 Å². The molecule has 0 radical (unpaired) electrons. The summed E-state index contributed by atoms with van der Waals surface area (Å²) in [6.07, 6.45) is 0. The van der Waals surface area contributed by atoms with Crippen LogP contribution in [0, 0.1) is 0 Å². The van der Waals surface area contributed by atoms with Crippen LogP contribution in [0.2, 0.25) is 0 Å². The molecule has 1 aromatic heterocycles. The lowest BCUT2D eigenvalue weighted by atomic mass is 10.1. The van der Waals surface area contributed by atoms with Crippen LogP contribution in [-0.2, 0) is 6.54 Å². The van der Waals surface area contributed by atoms with Gasteiger partial charge in [0.25, 0.3) is 0 Å². The first-order valence-corrected chi connectivity index (χ1v) is 9.08. The van der Waals surface area contributed by atoms with Crippen molar-refractivity contribution in [1.29, 1.82) is 0 Å². The summed E-state index contributed by atoms with van der Waals surface area (Å²) in [4.78, 5) is 12.0. The first kappa shape index (κ1) is 18.6. The number of nitrogens with one attached hydrogen (secondary N) is 2. The Morgan fingerprint density at radius 1 is 1.22 bits per heavy atom. The van der Waals surface area contributed by atoms with Crippen molar-refractivity contribution in [1.82, 2.24) is 9.88 Å². The van der Waals surface area contributed by atoms with Crippen LogP contribution in [0.3, 0.4) is 0 Å². The topological polar surface area (TPSA) is 81.3 Å². The number of nitrogens with two attached hydrogens (primary N) is 1. The molecule has 0 atom stereocenters. The molecule has 3 rings (SSSR count). The Hall–Kier alpha value is -3.15. The number of hydrogen-bond donors (Lipinski definition) is 3. The van der Waals surface area contributed by atoms with Crippen molar-refractivity contribution in [2.45, 2.75) is 33.4 Å². The van der Waals surface area contributed by atoms with Gasteiger partial charge in [-0.25, -0.2) is 4.79 Å². The molecule has 2 aromatic carbocycles. The minimum absolute atomic E-state index is 0.0708. The molecule has 3 aromatic rings. The first-order valence-electron chi connectivity index (χ1n) is 9.08. The molecule has 6 nitrogen and oxygen atoms in total. The monoisotopic (exact) mass is 366 g/mol. The van der Waals surface area contributed by atoms with Crippen molar-refractivity contribution < 1.29 is 9.53 Å². The van der Waals surface area contributed by atoms with Crippen LogP contribution < -0.4 is 21.1 Å². The highest BCUT2D eigenvalue weighted by Crippen LogP contribution is 2.38. The zero-order valence-corrected chi connectivity index (χ0v) is 16.2. The summed E-state index contributed by atoms with van der Waals surface area (Å²) in [7, 11) is 1.65. The number of aromatic nitrogens is 1. The van der Waals surface area contributed by atoms with E-state index in [0.29, 0.717) is 0 Å². The fourth-order valence-electron chi connectivity index (χ4n) is 3.30. The molecule has 142 valence electrons. The second-order valence-electron chi connectivity index (χ2n) is 6.72. The Kier molecular flexibility index (Phi) is 5.26. The van der Waals surface area contributed by atoms with Crippen molar-refractivity contribution in [2.75, 3.05) is 18.2 Å². The number of methoxy groups -OCH3 is 1. The molecule has 0 fully saturated rings. The highest BCUT2D eigenvalue weighted by atomic mass is 16.5. The quantitative estimate of drug-likeness (QED) is 0.624. The van der Waals surface area contributed by atoms with Gasteiger partial charge >= 0.3 is 6.03 Å². The Bertz CT molecular complexity index is 976. The number of ether oxygens (including phenoxy) is 1. The van der Waals surface area contributed by atoms with Crippen LogP contribution in [0.5, 0.6) is 5.75 Å². The largest absolute Gasteiger partial charge is 0.497 e. The van der Waals surface area contributed by atoms with E-state index in [0.717, 1.165) is 45.8 Å². The summed E-state index contributed by atoms with van der Waals surface area (Å²) in [5, 5.41) is 6.69. The highest BCUT2D eigenvalue weighted by Gasteiger charge is 2.17. The molecule has 1 heterocycles. The number of rotatable bonds is 5. The van der Waals surface area contributed by atoms with E-state index in [2.05, 4.69) is 22.1 Å². The van der Waals surface area contributed by atoms with Gasteiger partial charge in [-0.15, -0.1) is 0 Å². The molecule has 0 saturated carbocycles. The van der Waals surface area contributed by atoms with E-state index in [4.69, 9.17) is 10.5 Å².